The van der Waals surface area contributed by atoms with Gasteiger partial charge in [-0.25, -0.2) is 9.78 Å². The Morgan fingerprint density at radius 3 is 2.83 bits per heavy atom. The van der Waals surface area contributed by atoms with Crippen molar-refractivity contribution in [2.75, 3.05) is 13.7 Å². The number of benzene rings is 1. The molecule has 1 aromatic rings. The van der Waals surface area contributed by atoms with Crippen LogP contribution in [0, 0.1) is 11.3 Å². The van der Waals surface area contributed by atoms with Gasteiger partial charge in [-0.3, -0.25) is 4.79 Å². The third-order valence-corrected chi connectivity index (χ3v) is 4.45. The van der Waals surface area contributed by atoms with Crippen molar-refractivity contribution in [3.05, 3.63) is 29.3 Å². The summed E-state index contributed by atoms with van der Waals surface area (Å²) in [4.78, 5) is 24.6. The molecule has 0 spiro atoms. The quantitative estimate of drug-likeness (QED) is 0.632. The van der Waals surface area contributed by atoms with Gasteiger partial charge in [0.15, 0.2) is 6.10 Å². The van der Waals surface area contributed by atoms with E-state index in [1.807, 2.05) is 18.7 Å². The van der Waals surface area contributed by atoms with Gasteiger partial charge in [0.2, 0.25) is 5.91 Å². The van der Waals surface area contributed by atoms with Crippen molar-refractivity contribution in [1.82, 2.24) is 4.90 Å². The average molecular weight is 316 g/mol. The highest BCUT2D eigenvalue weighted by Crippen LogP contribution is 2.45. The Hall–Kier alpha value is -2.10. The number of rotatable bonds is 3. The van der Waals surface area contributed by atoms with Crippen LogP contribution in [0.2, 0.25) is 0 Å². The van der Waals surface area contributed by atoms with Crippen molar-refractivity contribution in [3.8, 4) is 11.8 Å². The standard InChI is InChI=1S/C17H20N2O4/c1-17(2)16(23-21-3)15(19-8-4-5-14(19)20)12-9-11(10-18)6-7-13(12)22-17/h6-7,9,15-16H,4-5,8H2,1-3H3. The van der Waals surface area contributed by atoms with E-state index >= 15 is 0 Å². The van der Waals surface area contributed by atoms with Gasteiger partial charge in [0.1, 0.15) is 11.4 Å². The van der Waals surface area contributed by atoms with E-state index in [-0.39, 0.29) is 11.9 Å². The molecule has 122 valence electrons. The molecule has 2 aliphatic heterocycles. The fraction of sp³-hybridized carbons (Fsp3) is 0.529. The summed E-state index contributed by atoms with van der Waals surface area (Å²) >= 11 is 0. The minimum absolute atomic E-state index is 0.0886. The molecule has 0 radical (unpaired) electrons. The lowest BCUT2D eigenvalue weighted by Crippen LogP contribution is -2.55. The molecule has 23 heavy (non-hydrogen) atoms. The van der Waals surface area contributed by atoms with Gasteiger partial charge in [-0.15, -0.1) is 0 Å². The number of carbonyl (C=O) groups excluding carboxylic acids is 1. The third-order valence-electron chi connectivity index (χ3n) is 4.45. The lowest BCUT2D eigenvalue weighted by molar-refractivity contribution is -0.342. The highest BCUT2D eigenvalue weighted by molar-refractivity contribution is 5.79. The second kappa shape index (κ2) is 5.84. The highest BCUT2D eigenvalue weighted by Gasteiger charge is 2.50. The van der Waals surface area contributed by atoms with E-state index in [2.05, 4.69) is 6.07 Å². The molecule has 0 aliphatic carbocycles. The van der Waals surface area contributed by atoms with Crippen LogP contribution in [0.15, 0.2) is 18.2 Å². The first-order valence-corrected chi connectivity index (χ1v) is 7.70. The number of likely N-dealkylation sites (tertiary alicyclic amines) is 1. The predicted molar refractivity (Wildman–Crippen MR) is 81.4 cm³/mol. The van der Waals surface area contributed by atoms with Gasteiger partial charge in [-0.05, 0) is 38.5 Å². The molecule has 0 N–H and O–H groups in total. The molecule has 2 atom stereocenters. The first kappa shape index (κ1) is 15.8. The van der Waals surface area contributed by atoms with Crippen LogP contribution in [-0.4, -0.2) is 36.2 Å². The van der Waals surface area contributed by atoms with Gasteiger partial charge in [0.25, 0.3) is 0 Å². The molecular weight excluding hydrogens is 296 g/mol. The molecule has 2 heterocycles. The Labute approximate surface area is 135 Å². The van der Waals surface area contributed by atoms with Crippen molar-refractivity contribution in [3.63, 3.8) is 0 Å². The van der Waals surface area contributed by atoms with E-state index in [1.165, 1.54) is 7.11 Å². The summed E-state index contributed by atoms with van der Waals surface area (Å²) in [7, 11) is 1.44. The summed E-state index contributed by atoms with van der Waals surface area (Å²) in [6, 6.07) is 7.07. The number of carbonyl (C=O) groups is 1. The molecule has 2 aliphatic rings. The minimum Gasteiger partial charge on any atom is -0.485 e. The Morgan fingerprint density at radius 2 is 2.22 bits per heavy atom. The maximum atomic E-state index is 12.3. The van der Waals surface area contributed by atoms with Gasteiger partial charge in [-0.2, -0.15) is 5.26 Å². The van der Waals surface area contributed by atoms with Crippen LogP contribution >= 0.6 is 0 Å². The maximum absolute atomic E-state index is 12.3. The molecule has 0 aromatic heterocycles. The Balaban J connectivity index is 2.13. The van der Waals surface area contributed by atoms with Crippen molar-refractivity contribution >= 4 is 5.91 Å². The summed E-state index contributed by atoms with van der Waals surface area (Å²) in [5.41, 5.74) is 0.644. The first-order chi connectivity index (χ1) is 11.0. The molecule has 2 unspecified atom stereocenters. The van der Waals surface area contributed by atoms with Crippen LogP contribution in [0.25, 0.3) is 0 Å². The number of fused-ring (bicyclic) bond motifs is 1. The second-order valence-corrected chi connectivity index (χ2v) is 6.39. The second-order valence-electron chi connectivity index (χ2n) is 6.39. The zero-order valence-corrected chi connectivity index (χ0v) is 13.5. The van der Waals surface area contributed by atoms with Crippen molar-refractivity contribution < 1.29 is 19.3 Å². The summed E-state index contributed by atoms with van der Waals surface area (Å²) in [5, 5.41) is 9.19. The molecule has 6 heteroatoms. The Bertz CT molecular complexity index is 665. The van der Waals surface area contributed by atoms with Crippen molar-refractivity contribution in [2.45, 2.75) is 44.4 Å². The van der Waals surface area contributed by atoms with Gasteiger partial charge >= 0.3 is 0 Å². The largest absolute Gasteiger partial charge is 0.485 e. The lowest BCUT2D eigenvalue weighted by Gasteiger charge is -2.46. The van der Waals surface area contributed by atoms with Crippen LogP contribution < -0.4 is 4.74 Å². The Morgan fingerprint density at radius 1 is 1.43 bits per heavy atom. The lowest BCUT2D eigenvalue weighted by atomic mass is 9.85. The Kier molecular flexibility index (Phi) is 4.00. The summed E-state index contributed by atoms with van der Waals surface area (Å²) in [6.07, 6.45) is 0.866. The average Bonchev–Trinajstić information content (AvgIpc) is 2.93. The minimum atomic E-state index is -0.676. The van der Waals surface area contributed by atoms with E-state index in [1.54, 1.807) is 18.2 Å². The summed E-state index contributed by atoms with van der Waals surface area (Å²) in [5.74, 6) is 0.764. The first-order valence-electron chi connectivity index (χ1n) is 7.70. The topological polar surface area (TPSA) is 71.8 Å². The normalized spacial score (nSPS) is 25.7. The maximum Gasteiger partial charge on any atom is 0.223 e. The zero-order valence-electron chi connectivity index (χ0n) is 13.5. The van der Waals surface area contributed by atoms with Crippen molar-refractivity contribution in [2.24, 2.45) is 0 Å². The smallest absolute Gasteiger partial charge is 0.223 e. The molecule has 1 aromatic carbocycles. The van der Waals surface area contributed by atoms with Crippen LogP contribution in [0.3, 0.4) is 0 Å². The molecular formula is C17H20N2O4. The summed E-state index contributed by atoms with van der Waals surface area (Å²) in [6.45, 7) is 4.48. The SMILES string of the molecule is COOC1C(N2CCCC2=O)c2cc(C#N)ccc2OC1(C)C. The van der Waals surface area contributed by atoms with Gasteiger partial charge in [0.05, 0.1) is 24.8 Å². The van der Waals surface area contributed by atoms with Gasteiger partial charge < -0.3 is 9.64 Å². The fourth-order valence-electron chi connectivity index (χ4n) is 3.39. The number of nitrogens with zero attached hydrogens (tertiary/aromatic N) is 2. The molecule has 1 fully saturated rings. The highest BCUT2D eigenvalue weighted by atomic mass is 17.2. The van der Waals surface area contributed by atoms with E-state index in [9.17, 15) is 10.1 Å². The summed E-state index contributed by atoms with van der Waals surface area (Å²) < 4.78 is 6.06. The molecule has 6 nitrogen and oxygen atoms in total. The third kappa shape index (κ3) is 2.67. The van der Waals surface area contributed by atoms with E-state index in [0.717, 1.165) is 12.0 Å². The van der Waals surface area contributed by atoms with Gasteiger partial charge in [-0.1, -0.05) is 0 Å². The number of hydrogen-bond donors (Lipinski definition) is 0. The molecule has 0 bridgehead atoms. The monoisotopic (exact) mass is 316 g/mol. The predicted octanol–water partition coefficient (Wildman–Crippen LogP) is 2.34. The number of hydrogen-bond acceptors (Lipinski definition) is 5. The van der Waals surface area contributed by atoms with E-state index in [4.69, 9.17) is 14.5 Å². The van der Waals surface area contributed by atoms with Crippen molar-refractivity contribution in [1.29, 1.82) is 5.26 Å². The van der Waals surface area contributed by atoms with Crippen LogP contribution in [0.5, 0.6) is 5.75 Å². The zero-order chi connectivity index (χ0) is 16.6. The molecule has 1 amide bonds. The number of nitriles is 1. The van der Waals surface area contributed by atoms with Crippen LogP contribution in [0.1, 0.15) is 43.9 Å². The molecule has 1 saturated heterocycles. The van der Waals surface area contributed by atoms with Gasteiger partial charge in [0, 0.05) is 18.5 Å². The number of ether oxygens (including phenoxy) is 1. The molecule has 3 rings (SSSR count). The van der Waals surface area contributed by atoms with E-state index in [0.29, 0.717) is 24.3 Å². The van der Waals surface area contributed by atoms with E-state index < -0.39 is 11.7 Å². The fourth-order valence-corrected chi connectivity index (χ4v) is 3.39. The number of amides is 1. The van der Waals surface area contributed by atoms with Crippen LogP contribution in [0.4, 0.5) is 0 Å². The van der Waals surface area contributed by atoms with Crippen LogP contribution in [-0.2, 0) is 14.6 Å². The molecule has 0 saturated carbocycles.